The van der Waals surface area contributed by atoms with Crippen molar-refractivity contribution >= 4 is 50.2 Å². The number of fused-ring (bicyclic) bond motifs is 1. The second-order valence-electron chi connectivity index (χ2n) is 7.43. The number of nitrogens with zero attached hydrogens (tertiary/aromatic N) is 4. The van der Waals surface area contributed by atoms with Crippen LogP contribution in [-0.2, 0) is 0 Å². The molecule has 3 rings (SSSR count). The fourth-order valence-electron chi connectivity index (χ4n) is 2.93. The van der Waals surface area contributed by atoms with E-state index in [1.165, 1.54) is 0 Å². The molecule has 26 heavy (non-hydrogen) atoms. The van der Waals surface area contributed by atoms with Crippen molar-refractivity contribution in [1.29, 1.82) is 0 Å². The van der Waals surface area contributed by atoms with Gasteiger partial charge in [0.25, 0.3) is 0 Å². The van der Waals surface area contributed by atoms with E-state index in [0.29, 0.717) is 23.9 Å². The molecule has 1 aromatic heterocycles. The van der Waals surface area contributed by atoms with Crippen LogP contribution in [0.25, 0.3) is 10.9 Å². The van der Waals surface area contributed by atoms with Crippen LogP contribution in [0.5, 0.6) is 0 Å². The van der Waals surface area contributed by atoms with E-state index in [-0.39, 0.29) is 0 Å². The predicted octanol–water partition coefficient (Wildman–Crippen LogP) is 3.37. The number of hydrogen-bond acceptors (Lipinski definition) is 6. The number of rotatable bonds is 5. The molecular weight excluding hydrogens is 418 g/mol. The summed E-state index contributed by atoms with van der Waals surface area (Å²) in [4.78, 5) is 14.0. The zero-order chi connectivity index (χ0) is 18.9. The van der Waals surface area contributed by atoms with Gasteiger partial charge in [0.1, 0.15) is 5.82 Å². The largest absolute Gasteiger partial charge is 0.390 e. The Bertz CT molecular complexity index is 787. The van der Waals surface area contributed by atoms with Crippen LogP contribution in [0.3, 0.4) is 0 Å². The molecule has 0 atom stereocenters. The van der Waals surface area contributed by atoms with Gasteiger partial charge in [0.05, 0.1) is 16.1 Å². The molecule has 2 aromatic rings. The van der Waals surface area contributed by atoms with Crippen molar-refractivity contribution in [2.24, 2.45) is 0 Å². The number of piperazine rings is 1. The Hall–Kier alpha value is -1.15. The second-order valence-corrected chi connectivity index (χ2v) is 8.70. The topological polar surface area (TPSA) is 64.5 Å². The molecule has 0 bridgehead atoms. The predicted molar refractivity (Wildman–Crippen MR) is 111 cm³/mol. The van der Waals surface area contributed by atoms with Crippen molar-refractivity contribution in [3.8, 4) is 0 Å². The summed E-state index contributed by atoms with van der Waals surface area (Å²) in [6, 6.07) is 3.86. The van der Waals surface area contributed by atoms with E-state index in [0.717, 1.165) is 47.4 Å². The van der Waals surface area contributed by atoms with Gasteiger partial charge in [0, 0.05) is 42.6 Å². The molecular formula is C18H25BrClN5O. The molecule has 1 aliphatic heterocycles. The average Bonchev–Trinajstić information content (AvgIpc) is 2.55. The number of nitrogens with one attached hydrogen (secondary N) is 1. The Morgan fingerprint density at radius 2 is 1.92 bits per heavy atom. The normalized spacial score (nSPS) is 16.3. The maximum atomic E-state index is 9.90. The van der Waals surface area contributed by atoms with Gasteiger partial charge in [-0.2, -0.15) is 4.98 Å². The highest BCUT2D eigenvalue weighted by atomic mass is 79.9. The van der Waals surface area contributed by atoms with Crippen LogP contribution in [-0.4, -0.2) is 65.3 Å². The van der Waals surface area contributed by atoms with E-state index >= 15 is 0 Å². The highest BCUT2D eigenvalue weighted by Crippen LogP contribution is 2.33. The third kappa shape index (κ3) is 4.76. The number of halogens is 2. The first kappa shape index (κ1) is 19.6. The summed E-state index contributed by atoms with van der Waals surface area (Å²) < 4.78 is 0.817. The molecule has 0 aliphatic carbocycles. The van der Waals surface area contributed by atoms with Crippen LogP contribution in [0.2, 0.25) is 5.02 Å². The number of aliphatic hydroxyl groups is 1. The summed E-state index contributed by atoms with van der Waals surface area (Å²) in [7, 11) is 2.13. The van der Waals surface area contributed by atoms with Crippen LogP contribution >= 0.6 is 27.5 Å². The van der Waals surface area contributed by atoms with Gasteiger partial charge >= 0.3 is 0 Å². The Kier molecular flexibility index (Phi) is 5.91. The smallest absolute Gasteiger partial charge is 0.225 e. The van der Waals surface area contributed by atoms with Crippen molar-refractivity contribution < 1.29 is 5.11 Å². The number of likely N-dealkylation sites (N-methyl/N-ethyl adjacent to an activating group) is 1. The van der Waals surface area contributed by atoms with Crippen molar-refractivity contribution in [2.45, 2.75) is 25.9 Å². The average molecular weight is 443 g/mol. The third-order valence-electron chi connectivity index (χ3n) is 4.54. The van der Waals surface area contributed by atoms with E-state index in [2.05, 4.69) is 43.1 Å². The first-order valence-electron chi connectivity index (χ1n) is 8.79. The second kappa shape index (κ2) is 7.84. The molecule has 0 amide bonds. The maximum absolute atomic E-state index is 9.90. The number of benzene rings is 1. The molecule has 142 valence electrons. The number of anilines is 2. The van der Waals surface area contributed by atoms with Crippen molar-refractivity contribution in [1.82, 2.24) is 14.9 Å². The van der Waals surface area contributed by atoms with Crippen molar-refractivity contribution in [3.63, 3.8) is 0 Å². The summed E-state index contributed by atoms with van der Waals surface area (Å²) in [6.45, 7) is 8.02. The van der Waals surface area contributed by atoms with E-state index in [4.69, 9.17) is 16.6 Å². The molecule has 2 heterocycles. The van der Waals surface area contributed by atoms with Gasteiger partial charge in [-0.25, -0.2) is 4.98 Å². The summed E-state index contributed by atoms with van der Waals surface area (Å²) in [5, 5.41) is 14.8. The quantitative estimate of drug-likeness (QED) is 0.740. The van der Waals surface area contributed by atoms with Crippen molar-refractivity contribution in [3.05, 3.63) is 21.6 Å². The molecule has 1 fully saturated rings. The summed E-state index contributed by atoms with van der Waals surface area (Å²) in [5.74, 6) is 1.48. The third-order valence-corrected chi connectivity index (χ3v) is 5.74. The molecule has 1 saturated heterocycles. The number of hydrogen-bond donors (Lipinski definition) is 2. The van der Waals surface area contributed by atoms with Gasteiger partial charge in [0.15, 0.2) is 0 Å². The lowest BCUT2D eigenvalue weighted by molar-refractivity contribution is 0.0748. The first-order valence-corrected chi connectivity index (χ1v) is 9.96. The van der Waals surface area contributed by atoms with Crippen LogP contribution in [0.1, 0.15) is 20.3 Å². The lowest BCUT2D eigenvalue weighted by Crippen LogP contribution is -2.45. The van der Waals surface area contributed by atoms with Crippen LogP contribution in [0, 0.1) is 0 Å². The van der Waals surface area contributed by atoms with Gasteiger partial charge < -0.3 is 20.2 Å². The Balaban J connectivity index is 1.95. The Labute approximate surface area is 167 Å². The van der Waals surface area contributed by atoms with Gasteiger partial charge in [-0.15, -0.1) is 0 Å². The van der Waals surface area contributed by atoms with Crippen molar-refractivity contribution in [2.75, 3.05) is 50.0 Å². The van der Waals surface area contributed by atoms with E-state index in [1.807, 2.05) is 12.1 Å². The molecule has 0 radical (unpaired) electrons. The first-order chi connectivity index (χ1) is 12.2. The summed E-state index contributed by atoms with van der Waals surface area (Å²) in [5.41, 5.74) is 0.122. The fraction of sp³-hybridized carbons (Fsp3) is 0.556. The molecule has 1 aliphatic rings. The van der Waals surface area contributed by atoms with E-state index < -0.39 is 5.60 Å². The van der Waals surface area contributed by atoms with Crippen LogP contribution in [0.4, 0.5) is 11.8 Å². The minimum atomic E-state index is -0.722. The van der Waals surface area contributed by atoms with E-state index in [9.17, 15) is 5.11 Å². The van der Waals surface area contributed by atoms with Gasteiger partial charge in [-0.3, -0.25) is 0 Å². The summed E-state index contributed by atoms with van der Waals surface area (Å²) >= 11 is 9.80. The minimum Gasteiger partial charge on any atom is -0.390 e. The standard InChI is InChI=1S/C18H25BrClN5O/c1-18(2,26)4-5-21-17-22-15-11-13(19)14(20)10-12(15)16(23-17)25-8-6-24(3)7-9-25/h10-11,26H,4-9H2,1-3H3,(H,21,22,23). The number of aromatic nitrogens is 2. The molecule has 8 heteroatoms. The maximum Gasteiger partial charge on any atom is 0.225 e. The lowest BCUT2D eigenvalue weighted by Gasteiger charge is -2.34. The SMILES string of the molecule is CN1CCN(c2nc(NCCC(C)(C)O)nc3cc(Br)c(Cl)cc23)CC1. The fourth-order valence-corrected chi connectivity index (χ4v) is 3.42. The summed E-state index contributed by atoms with van der Waals surface area (Å²) in [6.07, 6.45) is 0.614. The van der Waals surface area contributed by atoms with Gasteiger partial charge in [-0.05, 0) is 55.4 Å². The van der Waals surface area contributed by atoms with Crippen LogP contribution in [0.15, 0.2) is 16.6 Å². The van der Waals surface area contributed by atoms with Gasteiger partial charge in [0.2, 0.25) is 5.95 Å². The lowest BCUT2D eigenvalue weighted by atomic mass is 10.1. The zero-order valence-electron chi connectivity index (χ0n) is 15.4. The molecule has 0 saturated carbocycles. The monoisotopic (exact) mass is 441 g/mol. The van der Waals surface area contributed by atoms with Gasteiger partial charge in [-0.1, -0.05) is 11.6 Å². The molecule has 0 unspecified atom stereocenters. The van der Waals surface area contributed by atoms with E-state index in [1.54, 1.807) is 13.8 Å². The van der Waals surface area contributed by atoms with Crippen LogP contribution < -0.4 is 10.2 Å². The Morgan fingerprint density at radius 3 is 2.58 bits per heavy atom. The molecule has 6 nitrogen and oxygen atoms in total. The molecule has 0 spiro atoms. The highest BCUT2D eigenvalue weighted by Gasteiger charge is 2.20. The highest BCUT2D eigenvalue weighted by molar-refractivity contribution is 9.10. The minimum absolute atomic E-state index is 0.574. The Morgan fingerprint density at radius 1 is 1.23 bits per heavy atom. The molecule has 2 N–H and O–H groups in total. The zero-order valence-corrected chi connectivity index (χ0v) is 17.7. The molecule has 1 aromatic carbocycles.